The first-order chi connectivity index (χ1) is 10.4. The lowest BCUT2D eigenvalue weighted by molar-refractivity contribution is 0.162. The van der Waals surface area contributed by atoms with Crippen LogP contribution in [0.25, 0.3) is 0 Å². The van der Waals surface area contributed by atoms with Crippen molar-refractivity contribution in [2.45, 2.75) is 84.5 Å². The number of nitrogens with one attached hydrogen (secondary N) is 1. The highest BCUT2D eigenvalue weighted by atomic mass is 15.2. The Morgan fingerprint density at radius 2 is 1.27 bits per heavy atom. The summed E-state index contributed by atoms with van der Waals surface area (Å²) in [5, 5.41) is 3.52. The molecule has 0 amide bonds. The second-order valence-corrected chi connectivity index (χ2v) is 7.43. The summed E-state index contributed by atoms with van der Waals surface area (Å²) in [6.45, 7) is 17.3. The molecule has 0 spiro atoms. The first-order valence-corrected chi connectivity index (χ1v) is 9.41. The zero-order chi connectivity index (χ0) is 16.5. The molecule has 0 unspecified atom stereocenters. The second-order valence-electron chi connectivity index (χ2n) is 7.43. The van der Waals surface area contributed by atoms with Crippen LogP contribution < -0.4 is 11.1 Å². The largest absolute Gasteiger partial charge is 0.328 e. The summed E-state index contributed by atoms with van der Waals surface area (Å²) in [4.78, 5) is 5.05. The van der Waals surface area contributed by atoms with Gasteiger partial charge in [-0.1, -0.05) is 6.92 Å². The molecule has 132 valence electrons. The van der Waals surface area contributed by atoms with Gasteiger partial charge in [0.15, 0.2) is 0 Å². The molecule has 2 rings (SSSR count). The van der Waals surface area contributed by atoms with Crippen molar-refractivity contribution >= 4 is 0 Å². The van der Waals surface area contributed by atoms with Crippen molar-refractivity contribution < 1.29 is 0 Å². The molecule has 0 radical (unpaired) electrons. The van der Waals surface area contributed by atoms with Crippen LogP contribution >= 0.6 is 0 Å². The highest BCUT2D eigenvalue weighted by molar-refractivity contribution is 4.78. The first kappa shape index (κ1) is 19.9. The van der Waals surface area contributed by atoms with Crippen molar-refractivity contribution in [2.75, 3.05) is 32.7 Å². The Labute approximate surface area is 138 Å². The predicted molar refractivity (Wildman–Crippen MR) is 97.3 cm³/mol. The standard InChI is InChI=1S/C10H22N2.C8H18N2/c1-4-11-10-5-7-12(8-6-10)9(2)3;1-7(2)10-5-3-8(9)4-6-10/h9-11H,4-8H2,1-3H3;7-8H,3-6,9H2,1-2H3. The Bertz CT molecular complexity index is 264. The molecule has 2 saturated heterocycles. The van der Waals surface area contributed by atoms with Gasteiger partial charge in [-0.05, 0) is 86.1 Å². The number of hydrogen-bond donors (Lipinski definition) is 2. The average molecular weight is 313 g/mol. The maximum absolute atomic E-state index is 5.77. The Morgan fingerprint density at radius 3 is 1.64 bits per heavy atom. The van der Waals surface area contributed by atoms with E-state index >= 15 is 0 Å². The van der Waals surface area contributed by atoms with Crippen LogP contribution in [0, 0.1) is 0 Å². The van der Waals surface area contributed by atoms with E-state index in [4.69, 9.17) is 5.73 Å². The number of likely N-dealkylation sites (tertiary alicyclic amines) is 2. The van der Waals surface area contributed by atoms with E-state index in [-0.39, 0.29) is 0 Å². The molecule has 0 bridgehead atoms. The number of nitrogens with two attached hydrogens (primary N) is 1. The molecule has 0 atom stereocenters. The molecule has 4 nitrogen and oxygen atoms in total. The fraction of sp³-hybridized carbons (Fsp3) is 1.00. The van der Waals surface area contributed by atoms with Gasteiger partial charge in [0.05, 0.1) is 0 Å². The molecule has 2 aliphatic rings. The van der Waals surface area contributed by atoms with Gasteiger partial charge in [0.2, 0.25) is 0 Å². The van der Waals surface area contributed by atoms with Crippen LogP contribution in [0.15, 0.2) is 0 Å². The lowest BCUT2D eigenvalue weighted by Crippen LogP contribution is -2.44. The molecule has 4 heteroatoms. The fourth-order valence-electron chi connectivity index (χ4n) is 3.34. The third-order valence-electron chi connectivity index (χ3n) is 5.06. The maximum Gasteiger partial charge on any atom is 0.00912 e. The van der Waals surface area contributed by atoms with Crippen LogP contribution in [0.5, 0.6) is 0 Å². The van der Waals surface area contributed by atoms with Crippen molar-refractivity contribution in [3.63, 3.8) is 0 Å². The number of piperidine rings is 2. The van der Waals surface area contributed by atoms with E-state index in [1.165, 1.54) is 51.9 Å². The van der Waals surface area contributed by atoms with Crippen LogP contribution in [0.2, 0.25) is 0 Å². The van der Waals surface area contributed by atoms with Gasteiger partial charge >= 0.3 is 0 Å². The van der Waals surface area contributed by atoms with Gasteiger partial charge in [0.25, 0.3) is 0 Å². The lowest BCUT2D eigenvalue weighted by Gasteiger charge is -2.34. The molecule has 2 fully saturated rings. The van der Waals surface area contributed by atoms with Crippen LogP contribution in [0.1, 0.15) is 60.3 Å². The predicted octanol–water partition coefficient (Wildman–Crippen LogP) is 2.29. The smallest absolute Gasteiger partial charge is 0.00912 e. The minimum absolute atomic E-state index is 0.468. The van der Waals surface area contributed by atoms with E-state index in [1.54, 1.807) is 0 Å². The first-order valence-electron chi connectivity index (χ1n) is 9.41. The average Bonchev–Trinajstić information content (AvgIpc) is 2.49. The van der Waals surface area contributed by atoms with Crippen LogP contribution in [0.4, 0.5) is 0 Å². The molecular weight excluding hydrogens is 272 g/mol. The molecule has 0 aromatic rings. The molecule has 0 aromatic carbocycles. The van der Waals surface area contributed by atoms with E-state index in [0.29, 0.717) is 12.1 Å². The summed E-state index contributed by atoms with van der Waals surface area (Å²) >= 11 is 0. The van der Waals surface area contributed by atoms with E-state index in [9.17, 15) is 0 Å². The van der Waals surface area contributed by atoms with Crippen LogP contribution in [-0.4, -0.2) is 66.7 Å². The zero-order valence-electron chi connectivity index (χ0n) is 15.6. The quantitative estimate of drug-likeness (QED) is 0.836. The van der Waals surface area contributed by atoms with E-state index in [1.807, 2.05) is 0 Å². The lowest BCUT2D eigenvalue weighted by atomic mass is 10.0. The molecule has 22 heavy (non-hydrogen) atoms. The van der Waals surface area contributed by atoms with Crippen molar-refractivity contribution in [2.24, 2.45) is 5.73 Å². The monoisotopic (exact) mass is 312 g/mol. The van der Waals surface area contributed by atoms with Crippen LogP contribution in [0.3, 0.4) is 0 Å². The van der Waals surface area contributed by atoms with Gasteiger partial charge in [-0.25, -0.2) is 0 Å². The summed E-state index contributed by atoms with van der Waals surface area (Å²) in [5.41, 5.74) is 5.77. The van der Waals surface area contributed by atoms with Gasteiger partial charge in [0.1, 0.15) is 0 Å². The van der Waals surface area contributed by atoms with Crippen LogP contribution in [-0.2, 0) is 0 Å². The number of hydrogen-bond acceptors (Lipinski definition) is 4. The molecule has 3 N–H and O–H groups in total. The number of rotatable bonds is 4. The Hall–Kier alpha value is -0.160. The van der Waals surface area contributed by atoms with E-state index in [0.717, 1.165) is 18.6 Å². The normalized spacial score (nSPS) is 22.9. The molecular formula is C18H40N4. The summed E-state index contributed by atoms with van der Waals surface area (Å²) < 4.78 is 0. The highest BCUT2D eigenvalue weighted by Gasteiger charge is 2.19. The van der Waals surface area contributed by atoms with Gasteiger partial charge in [0, 0.05) is 24.2 Å². The van der Waals surface area contributed by atoms with Gasteiger partial charge in [-0.15, -0.1) is 0 Å². The summed E-state index contributed by atoms with van der Waals surface area (Å²) in [6.07, 6.45) is 5.01. The Balaban J connectivity index is 0.000000224. The van der Waals surface area contributed by atoms with Crippen molar-refractivity contribution in [3.05, 3.63) is 0 Å². The number of nitrogens with zero attached hydrogens (tertiary/aromatic N) is 2. The third-order valence-corrected chi connectivity index (χ3v) is 5.06. The summed E-state index contributed by atoms with van der Waals surface area (Å²) in [5.74, 6) is 0. The Kier molecular flexibility index (Phi) is 9.57. The second kappa shape index (κ2) is 10.6. The third kappa shape index (κ3) is 7.40. The minimum Gasteiger partial charge on any atom is -0.328 e. The molecule has 2 aliphatic heterocycles. The van der Waals surface area contributed by atoms with Gasteiger partial charge < -0.3 is 20.9 Å². The summed E-state index contributed by atoms with van der Waals surface area (Å²) in [7, 11) is 0. The molecule has 0 aliphatic carbocycles. The van der Waals surface area contributed by atoms with Gasteiger partial charge in [-0.3, -0.25) is 0 Å². The minimum atomic E-state index is 0.468. The van der Waals surface area contributed by atoms with E-state index < -0.39 is 0 Å². The van der Waals surface area contributed by atoms with E-state index in [2.05, 4.69) is 49.7 Å². The van der Waals surface area contributed by atoms with Gasteiger partial charge in [-0.2, -0.15) is 0 Å². The summed E-state index contributed by atoms with van der Waals surface area (Å²) in [6, 6.07) is 2.68. The molecule has 0 saturated carbocycles. The SMILES string of the molecule is CC(C)N1CCC(N)CC1.CCNC1CCN(C(C)C)CC1. The fourth-order valence-corrected chi connectivity index (χ4v) is 3.34. The van der Waals surface area contributed by atoms with Crippen molar-refractivity contribution in [3.8, 4) is 0 Å². The molecule has 2 heterocycles. The Morgan fingerprint density at radius 1 is 0.864 bits per heavy atom. The van der Waals surface area contributed by atoms with Crippen molar-refractivity contribution in [1.29, 1.82) is 0 Å². The molecule has 0 aromatic heterocycles. The van der Waals surface area contributed by atoms with Crippen molar-refractivity contribution in [1.82, 2.24) is 15.1 Å². The highest BCUT2D eigenvalue weighted by Crippen LogP contribution is 2.12. The zero-order valence-corrected chi connectivity index (χ0v) is 15.6. The maximum atomic E-state index is 5.77. The topological polar surface area (TPSA) is 44.5 Å².